The Morgan fingerprint density at radius 3 is 2.67 bits per heavy atom. The van der Waals surface area contributed by atoms with Crippen LogP contribution >= 0.6 is 0 Å². The predicted molar refractivity (Wildman–Crippen MR) is 92.7 cm³/mol. The van der Waals surface area contributed by atoms with E-state index in [1.807, 2.05) is 24.3 Å². The molecule has 1 fully saturated rings. The molecule has 3 rings (SSSR count). The summed E-state index contributed by atoms with van der Waals surface area (Å²) < 4.78 is 6.84. The molecule has 0 aliphatic carbocycles. The molecule has 1 saturated heterocycles. The Hall–Kier alpha value is -2.34. The first kappa shape index (κ1) is 16.5. The first-order chi connectivity index (χ1) is 11.6. The number of piperidine rings is 1. The fourth-order valence-electron chi connectivity index (χ4n) is 2.92. The lowest BCUT2D eigenvalue weighted by Gasteiger charge is -2.34. The quantitative estimate of drug-likeness (QED) is 0.881. The molecule has 0 bridgehead atoms. The molecule has 1 aromatic heterocycles. The number of ether oxygens (including phenoxy) is 1. The van der Waals surface area contributed by atoms with E-state index in [9.17, 15) is 4.79 Å². The summed E-state index contributed by atoms with van der Waals surface area (Å²) in [5, 5.41) is 10.8. The lowest BCUT2D eigenvalue weighted by molar-refractivity contribution is 0.0917. The summed E-state index contributed by atoms with van der Waals surface area (Å²) in [6.07, 6.45) is 3.95. The number of carbonyl (C=O) groups excluding carboxylic acids is 1. The number of benzene rings is 1. The highest BCUT2D eigenvalue weighted by Gasteiger charge is 2.27. The molecule has 1 aliphatic rings. The van der Waals surface area contributed by atoms with Gasteiger partial charge in [0.15, 0.2) is 5.69 Å². The Morgan fingerprint density at radius 1 is 1.29 bits per heavy atom. The highest BCUT2D eigenvalue weighted by molar-refractivity contribution is 5.92. The summed E-state index contributed by atoms with van der Waals surface area (Å²) in [6, 6.07) is 9.29. The number of amides is 1. The molecule has 6 nitrogen and oxygen atoms in total. The molecular formula is C18H24N4O2. The summed E-state index contributed by atoms with van der Waals surface area (Å²) in [6.45, 7) is 4.93. The van der Waals surface area contributed by atoms with Crippen LogP contribution in [-0.4, -0.2) is 42.4 Å². The van der Waals surface area contributed by atoms with Gasteiger partial charge in [0.2, 0.25) is 0 Å². The average Bonchev–Trinajstić information content (AvgIpc) is 3.11. The third-order valence-electron chi connectivity index (χ3n) is 4.65. The Kier molecular flexibility index (Phi) is 4.85. The number of nitrogens with zero attached hydrogens (tertiary/aromatic N) is 2. The lowest BCUT2D eigenvalue weighted by atomic mass is 9.81. The fourth-order valence-corrected chi connectivity index (χ4v) is 2.92. The van der Waals surface area contributed by atoms with Crippen molar-refractivity contribution in [2.24, 2.45) is 5.41 Å². The number of hydrogen-bond donors (Lipinski definition) is 2. The van der Waals surface area contributed by atoms with Gasteiger partial charge in [-0.2, -0.15) is 5.10 Å². The molecular weight excluding hydrogens is 304 g/mol. The van der Waals surface area contributed by atoms with Gasteiger partial charge in [-0.3, -0.25) is 4.79 Å². The highest BCUT2D eigenvalue weighted by Crippen LogP contribution is 2.26. The van der Waals surface area contributed by atoms with Gasteiger partial charge in [-0.1, -0.05) is 6.92 Å². The third-order valence-corrected chi connectivity index (χ3v) is 4.65. The Labute approximate surface area is 142 Å². The van der Waals surface area contributed by atoms with Gasteiger partial charge in [-0.05, 0) is 61.7 Å². The van der Waals surface area contributed by atoms with Crippen LogP contribution in [0.2, 0.25) is 0 Å². The van der Waals surface area contributed by atoms with Crippen molar-refractivity contribution < 1.29 is 9.53 Å². The molecule has 1 aliphatic heterocycles. The maximum absolute atomic E-state index is 12.4. The van der Waals surface area contributed by atoms with Crippen LogP contribution in [0.1, 0.15) is 30.3 Å². The molecule has 1 aromatic carbocycles. The second kappa shape index (κ2) is 7.05. The van der Waals surface area contributed by atoms with Gasteiger partial charge in [0.05, 0.1) is 12.8 Å². The van der Waals surface area contributed by atoms with Crippen molar-refractivity contribution in [3.8, 4) is 11.4 Å². The van der Waals surface area contributed by atoms with Gasteiger partial charge in [-0.25, -0.2) is 4.68 Å². The average molecular weight is 328 g/mol. The first-order valence-electron chi connectivity index (χ1n) is 8.29. The molecule has 2 aromatic rings. The van der Waals surface area contributed by atoms with Crippen LogP contribution in [0, 0.1) is 5.41 Å². The standard InChI is InChI=1S/C18H24N4O2/c1-18(8-10-19-11-9-18)13-20-17(23)16-7-12-22(21-16)14-3-5-15(24-2)6-4-14/h3-7,12,19H,8-11,13H2,1-2H3,(H,20,23). The van der Waals surface area contributed by atoms with E-state index in [0.29, 0.717) is 12.2 Å². The largest absolute Gasteiger partial charge is 0.497 e. The highest BCUT2D eigenvalue weighted by atomic mass is 16.5. The van der Waals surface area contributed by atoms with Crippen LogP contribution in [-0.2, 0) is 0 Å². The number of hydrogen-bond acceptors (Lipinski definition) is 4. The van der Waals surface area contributed by atoms with Gasteiger partial charge >= 0.3 is 0 Å². The Morgan fingerprint density at radius 2 is 2.00 bits per heavy atom. The van der Waals surface area contributed by atoms with Crippen molar-refractivity contribution in [2.45, 2.75) is 19.8 Å². The van der Waals surface area contributed by atoms with Crippen molar-refractivity contribution in [2.75, 3.05) is 26.7 Å². The van der Waals surface area contributed by atoms with E-state index in [1.165, 1.54) is 0 Å². The number of methoxy groups -OCH3 is 1. The van der Waals surface area contributed by atoms with Crippen LogP contribution in [0.4, 0.5) is 0 Å². The van der Waals surface area contributed by atoms with Gasteiger partial charge in [0.25, 0.3) is 5.91 Å². The smallest absolute Gasteiger partial charge is 0.271 e. The van der Waals surface area contributed by atoms with E-state index < -0.39 is 0 Å². The molecule has 128 valence electrons. The zero-order valence-electron chi connectivity index (χ0n) is 14.2. The second-order valence-electron chi connectivity index (χ2n) is 6.59. The fraction of sp³-hybridized carbons (Fsp3) is 0.444. The van der Waals surface area contributed by atoms with Gasteiger partial charge in [0.1, 0.15) is 5.75 Å². The molecule has 1 amide bonds. The maximum atomic E-state index is 12.4. The monoisotopic (exact) mass is 328 g/mol. The molecule has 0 atom stereocenters. The minimum atomic E-state index is -0.123. The molecule has 0 radical (unpaired) electrons. The summed E-state index contributed by atoms with van der Waals surface area (Å²) in [5.41, 5.74) is 1.49. The van der Waals surface area contributed by atoms with Crippen molar-refractivity contribution in [3.63, 3.8) is 0 Å². The van der Waals surface area contributed by atoms with Crippen molar-refractivity contribution >= 4 is 5.91 Å². The third kappa shape index (κ3) is 3.76. The number of rotatable bonds is 5. The lowest BCUT2D eigenvalue weighted by Crippen LogP contribution is -2.43. The molecule has 6 heteroatoms. The summed E-state index contributed by atoms with van der Waals surface area (Å²) in [4.78, 5) is 12.4. The molecule has 0 unspecified atom stereocenters. The van der Waals surface area contributed by atoms with E-state index in [-0.39, 0.29) is 11.3 Å². The van der Waals surface area contributed by atoms with E-state index in [0.717, 1.165) is 37.4 Å². The minimum absolute atomic E-state index is 0.123. The van der Waals surface area contributed by atoms with Crippen molar-refractivity contribution in [1.29, 1.82) is 0 Å². The van der Waals surface area contributed by atoms with E-state index >= 15 is 0 Å². The molecule has 2 heterocycles. The number of nitrogens with one attached hydrogen (secondary N) is 2. The van der Waals surface area contributed by atoms with Crippen LogP contribution < -0.4 is 15.4 Å². The first-order valence-corrected chi connectivity index (χ1v) is 8.29. The second-order valence-corrected chi connectivity index (χ2v) is 6.59. The molecule has 24 heavy (non-hydrogen) atoms. The van der Waals surface area contributed by atoms with Crippen LogP contribution in [0.3, 0.4) is 0 Å². The minimum Gasteiger partial charge on any atom is -0.497 e. The summed E-state index contributed by atoms with van der Waals surface area (Å²) in [7, 11) is 1.63. The summed E-state index contributed by atoms with van der Waals surface area (Å²) in [5.74, 6) is 0.668. The molecule has 2 N–H and O–H groups in total. The molecule has 0 saturated carbocycles. The topological polar surface area (TPSA) is 68.2 Å². The zero-order chi connectivity index (χ0) is 17.0. The maximum Gasteiger partial charge on any atom is 0.271 e. The van der Waals surface area contributed by atoms with Crippen molar-refractivity contribution in [1.82, 2.24) is 20.4 Å². The van der Waals surface area contributed by atoms with Crippen molar-refractivity contribution in [3.05, 3.63) is 42.2 Å². The molecule has 0 spiro atoms. The van der Waals surface area contributed by atoms with Gasteiger partial charge in [-0.15, -0.1) is 0 Å². The Bertz CT molecular complexity index is 687. The zero-order valence-corrected chi connectivity index (χ0v) is 14.2. The van der Waals surface area contributed by atoms with Crippen LogP contribution in [0.25, 0.3) is 5.69 Å². The number of aromatic nitrogens is 2. The summed E-state index contributed by atoms with van der Waals surface area (Å²) >= 11 is 0. The van der Waals surface area contributed by atoms with Crippen LogP contribution in [0.15, 0.2) is 36.5 Å². The Balaban J connectivity index is 1.62. The normalized spacial score (nSPS) is 16.6. The van der Waals surface area contributed by atoms with E-state index in [4.69, 9.17) is 4.74 Å². The van der Waals surface area contributed by atoms with Gasteiger partial charge in [0, 0.05) is 12.7 Å². The van der Waals surface area contributed by atoms with E-state index in [2.05, 4.69) is 22.7 Å². The predicted octanol–water partition coefficient (Wildman–Crippen LogP) is 2.00. The van der Waals surface area contributed by atoms with E-state index in [1.54, 1.807) is 24.1 Å². The van der Waals surface area contributed by atoms with Crippen LogP contribution in [0.5, 0.6) is 5.75 Å². The SMILES string of the molecule is COc1ccc(-n2ccc(C(=O)NCC3(C)CCNCC3)n2)cc1. The number of carbonyl (C=O) groups is 1. The van der Waals surface area contributed by atoms with Gasteiger partial charge < -0.3 is 15.4 Å².